The maximum atomic E-state index is 11.1. The molecule has 0 fully saturated rings. The topological polar surface area (TPSA) is 120 Å². The Balaban J connectivity index is 0.000000272. The molecule has 228 valence electrons. The lowest BCUT2D eigenvalue weighted by Gasteiger charge is -2.11. The molecular weight excluding hydrogens is 556 g/mol. The van der Waals surface area contributed by atoms with Crippen LogP contribution in [0.1, 0.15) is 31.4 Å². The highest BCUT2D eigenvalue weighted by Gasteiger charge is 2.23. The number of carbonyl (C=O) groups is 2. The zero-order valence-electron chi connectivity index (χ0n) is 25.1. The van der Waals surface area contributed by atoms with E-state index in [4.69, 9.17) is 0 Å². The van der Waals surface area contributed by atoms with Gasteiger partial charge in [-0.3, -0.25) is 25.0 Å². The molecule has 0 saturated carbocycles. The second-order valence-corrected chi connectivity index (χ2v) is 10.4. The minimum Gasteiger partial charge on any atom is -0.303 e. The van der Waals surface area contributed by atoms with E-state index in [0.29, 0.717) is 18.4 Å². The third kappa shape index (κ3) is 13.2. The summed E-state index contributed by atoms with van der Waals surface area (Å²) in [6, 6.07) is 35.0. The molecule has 2 unspecified atom stereocenters. The van der Waals surface area contributed by atoms with Crippen LogP contribution in [-0.4, -0.2) is 35.0 Å². The van der Waals surface area contributed by atoms with Crippen LogP contribution in [-0.2, 0) is 22.4 Å². The number of nitrogens with zero attached hydrogens (tertiary/aromatic N) is 2. The van der Waals surface area contributed by atoms with Gasteiger partial charge in [0.15, 0.2) is 0 Å². The predicted molar refractivity (Wildman–Crippen MR) is 175 cm³/mol. The van der Waals surface area contributed by atoms with Crippen LogP contribution in [0.4, 0.5) is 0 Å². The molecule has 0 amide bonds. The van der Waals surface area contributed by atoms with Crippen LogP contribution in [0.2, 0.25) is 0 Å². The predicted octanol–water partition coefficient (Wildman–Crippen LogP) is 7.70. The van der Waals surface area contributed by atoms with Gasteiger partial charge in [-0.2, -0.15) is 0 Å². The Bertz CT molecular complexity index is 1470. The lowest BCUT2D eigenvalue weighted by Crippen LogP contribution is -2.25. The molecule has 0 aromatic heterocycles. The Kier molecular flexibility index (Phi) is 15.1. The van der Waals surface area contributed by atoms with Crippen LogP contribution < -0.4 is 0 Å². The molecule has 0 spiro atoms. The van der Waals surface area contributed by atoms with E-state index in [1.807, 2.05) is 109 Å². The lowest BCUT2D eigenvalue weighted by atomic mass is 9.96. The van der Waals surface area contributed by atoms with E-state index in [1.165, 1.54) is 0 Å². The van der Waals surface area contributed by atoms with Crippen molar-refractivity contribution in [2.24, 2.45) is 5.92 Å². The van der Waals surface area contributed by atoms with E-state index in [2.05, 4.69) is 6.58 Å². The number of hydrogen-bond acceptors (Lipinski definition) is 6. The number of carbonyl (C=O) groups excluding carboxylic acids is 2. The van der Waals surface area contributed by atoms with Crippen molar-refractivity contribution in [2.75, 3.05) is 6.54 Å². The van der Waals surface area contributed by atoms with Gasteiger partial charge < -0.3 is 4.79 Å². The first-order valence-electron chi connectivity index (χ1n) is 14.2. The summed E-state index contributed by atoms with van der Waals surface area (Å²) in [6.45, 7) is 6.67. The van der Waals surface area contributed by atoms with Gasteiger partial charge in [0, 0.05) is 35.0 Å². The Morgan fingerprint density at radius 2 is 1.14 bits per heavy atom. The molecular formula is C36H38N2O6. The first-order valence-corrected chi connectivity index (χ1v) is 14.2. The fraction of sp³-hybridized carbons (Fsp3) is 0.222. The Labute approximate surface area is 258 Å². The molecule has 4 rings (SSSR count). The van der Waals surface area contributed by atoms with Crippen molar-refractivity contribution in [1.82, 2.24) is 0 Å². The minimum absolute atomic E-state index is 0.00924. The fourth-order valence-corrected chi connectivity index (χ4v) is 4.18. The summed E-state index contributed by atoms with van der Waals surface area (Å²) >= 11 is 0. The minimum atomic E-state index is -0.720. The third-order valence-corrected chi connectivity index (χ3v) is 6.55. The second kappa shape index (κ2) is 19.0. The molecule has 0 aliphatic carbocycles. The highest BCUT2D eigenvalue weighted by atomic mass is 16.6. The van der Waals surface area contributed by atoms with Crippen LogP contribution in [0.3, 0.4) is 0 Å². The Hall–Kier alpha value is -5.24. The Morgan fingerprint density at radius 1 is 0.727 bits per heavy atom. The second-order valence-electron chi connectivity index (χ2n) is 10.4. The van der Waals surface area contributed by atoms with Crippen molar-refractivity contribution in [3.8, 4) is 22.3 Å². The summed E-state index contributed by atoms with van der Waals surface area (Å²) in [7, 11) is 0. The summed E-state index contributed by atoms with van der Waals surface area (Å²) < 4.78 is 0. The Morgan fingerprint density at radius 3 is 1.50 bits per heavy atom. The van der Waals surface area contributed by atoms with E-state index >= 15 is 0 Å². The molecule has 4 aromatic carbocycles. The van der Waals surface area contributed by atoms with Gasteiger partial charge in [-0.05, 0) is 45.9 Å². The molecule has 4 aromatic rings. The van der Waals surface area contributed by atoms with E-state index in [1.54, 1.807) is 13.8 Å². The quantitative estimate of drug-likeness (QED) is 0.0717. The van der Waals surface area contributed by atoms with Crippen molar-refractivity contribution in [2.45, 2.75) is 39.2 Å². The van der Waals surface area contributed by atoms with Crippen molar-refractivity contribution in [3.63, 3.8) is 0 Å². The normalized spacial score (nSPS) is 11.3. The average Bonchev–Trinajstić information content (AvgIpc) is 3.05. The molecule has 44 heavy (non-hydrogen) atoms. The summed E-state index contributed by atoms with van der Waals surface area (Å²) in [4.78, 5) is 40.9. The summed E-state index contributed by atoms with van der Waals surface area (Å²) in [5, 5.41) is 21.4. The first kappa shape index (κ1) is 35.0. The molecule has 0 heterocycles. The fourth-order valence-electron chi connectivity index (χ4n) is 4.18. The van der Waals surface area contributed by atoms with Crippen LogP contribution in [0.25, 0.3) is 22.3 Å². The van der Waals surface area contributed by atoms with Gasteiger partial charge in [-0.15, -0.1) is 0 Å². The van der Waals surface area contributed by atoms with E-state index in [-0.39, 0.29) is 28.7 Å². The van der Waals surface area contributed by atoms with E-state index in [0.717, 1.165) is 46.0 Å². The van der Waals surface area contributed by atoms with Gasteiger partial charge in [0.1, 0.15) is 12.6 Å². The molecule has 0 bridgehead atoms. The zero-order valence-corrected chi connectivity index (χ0v) is 25.1. The molecule has 8 heteroatoms. The van der Waals surface area contributed by atoms with Gasteiger partial charge in [-0.25, -0.2) is 0 Å². The summed E-state index contributed by atoms with van der Waals surface area (Å²) in [5.74, 6) is -0.293. The van der Waals surface area contributed by atoms with Gasteiger partial charge in [-0.1, -0.05) is 123 Å². The smallest absolute Gasteiger partial charge is 0.217 e. The molecule has 2 atom stereocenters. The van der Waals surface area contributed by atoms with Gasteiger partial charge in [0.25, 0.3) is 0 Å². The maximum absolute atomic E-state index is 11.1. The molecule has 0 aliphatic heterocycles. The number of benzene rings is 4. The van der Waals surface area contributed by atoms with E-state index < -0.39 is 6.04 Å². The van der Waals surface area contributed by atoms with Gasteiger partial charge in [0.2, 0.25) is 12.6 Å². The standard InChI is InChI=1S/C18H19NO3.C14H13NO2.C4H6O/c1-14(13-20)11-18(19(21)22)12-15-7-9-17(10-8-15)16-5-3-2-4-6-16;16-15(17)11-10-12-6-8-14(9-7-12)13-4-2-1-3-5-13;1-4(2)3-5/h2-10,13-14,18H,11-12H2,1H3;1-9H,10-11H2;3H,1H2,2H3. The van der Waals surface area contributed by atoms with Crippen LogP contribution in [0.5, 0.6) is 0 Å². The van der Waals surface area contributed by atoms with Gasteiger partial charge >= 0.3 is 0 Å². The van der Waals surface area contributed by atoms with Crippen molar-refractivity contribution in [3.05, 3.63) is 153 Å². The van der Waals surface area contributed by atoms with Crippen molar-refractivity contribution >= 4 is 12.6 Å². The zero-order chi connectivity index (χ0) is 32.3. The molecule has 0 saturated heterocycles. The van der Waals surface area contributed by atoms with Crippen LogP contribution >= 0.6 is 0 Å². The largest absolute Gasteiger partial charge is 0.303 e. The number of allylic oxidation sites excluding steroid dienone is 1. The van der Waals surface area contributed by atoms with Crippen molar-refractivity contribution < 1.29 is 19.4 Å². The summed E-state index contributed by atoms with van der Waals surface area (Å²) in [6.07, 6.45) is 2.61. The summed E-state index contributed by atoms with van der Waals surface area (Å²) in [5.41, 5.74) is 6.99. The lowest BCUT2D eigenvalue weighted by molar-refractivity contribution is -0.523. The van der Waals surface area contributed by atoms with Crippen LogP contribution in [0.15, 0.2) is 121 Å². The monoisotopic (exact) mass is 594 g/mol. The van der Waals surface area contributed by atoms with Gasteiger partial charge in [0.05, 0.1) is 0 Å². The molecule has 0 aliphatic rings. The average molecular weight is 595 g/mol. The third-order valence-electron chi connectivity index (χ3n) is 6.55. The number of nitro groups is 2. The van der Waals surface area contributed by atoms with E-state index in [9.17, 15) is 29.8 Å². The van der Waals surface area contributed by atoms with Crippen molar-refractivity contribution in [1.29, 1.82) is 0 Å². The molecule has 0 radical (unpaired) electrons. The molecule has 0 N–H and O–H groups in total. The SMILES string of the molecule is C=C(C)C=O.CC(C=O)CC(Cc1ccc(-c2ccccc2)cc1)[N+](=O)[O-].O=[N+]([O-])CCc1ccc(-c2ccccc2)cc1. The number of rotatable bonds is 12. The number of hydrogen-bond donors (Lipinski definition) is 0. The van der Waals surface area contributed by atoms with Crippen LogP contribution in [0, 0.1) is 26.1 Å². The maximum Gasteiger partial charge on any atom is 0.217 e. The number of aldehydes is 2. The highest BCUT2D eigenvalue weighted by molar-refractivity contribution is 5.70. The first-order chi connectivity index (χ1) is 21.1. The highest BCUT2D eigenvalue weighted by Crippen LogP contribution is 2.21. The molecule has 8 nitrogen and oxygen atoms in total.